The molecule has 4 nitrogen and oxygen atoms in total. The van der Waals surface area contributed by atoms with Crippen molar-refractivity contribution in [1.82, 2.24) is 15.5 Å². The molecule has 3 rings (SSSR count). The van der Waals surface area contributed by atoms with Gasteiger partial charge in [-0.2, -0.15) is 16.7 Å². The van der Waals surface area contributed by atoms with Crippen LogP contribution in [0.4, 0.5) is 0 Å². The topological polar surface area (TPSA) is 51.0 Å². The average molecular weight is 239 g/mol. The second-order valence-electron chi connectivity index (χ2n) is 4.54. The molecule has 2 unspecified atom stereocenters. The molecule has 0 spiro atoms. The summed E-state index contributed by atoms with van der Waals surface area (Å²) < 4.78 is 5.40. The molecule has 2 aliphatic rings. The van der Waals surface area contributed by atoms with Crippen LogP contribution in [-0.2, 0) is 0 Å². The molecule has 0 radical (unpaired) electrons. The highest BCUT2D eigenvalue weighted by molar-refractivity contribution is 7.99. The molecular weight excluding hydrogens is 222 g/mol. The van der Waals surface area contributed by atoms with Crippen molar-refractivity contribution in [3.8, 4) is 0 Å². The third-order valence-electron chi connectivity index (χ3n) is 3.32. The molecular formula is C11H17N3OS. The first-order valence-corrected chi connectivity index (χ1v) is 7.14. The van der Waals surface area contributed by atoms with Crippen LogP contribution in [-0.4, -0.2) is 29.0 Å². The highest BCUT2D eigenvalue weighted by Gasteiger charge is 2.26. The number of hydrogen-bond donors (Lipinski definition) is 1. The Morgan fingerprint density at radius 2 is 2.31 bits per heavy atom. The fourth-order valence-corrected chi connectivity index (χ4v) is 3.58. The Morgan fingerprint density at radius 1 is 1.31 bits per heavy atom. The van der Waals surface area contributed by atoms with E-state index in [1.807, 2.05) is 11.8 Å². The maximum absolute atomic E-state index is 5.40. The Morgan fingerprint density at radius 3 is 3.06 bits per heavy atom. The summed E-state index contributed by atoms with van der Waals surface area (Å²) in [5, 5.41) is 8.00. The second-order valence-corrected chi connectivity index (χ2v) is 5.85. The Hall–Kier alpha value is -0.550. The van der Waals surface area contributed by atoms with Crippen molar-refractivity contribution in [3.05, 3.63) is 11.7 Å². The smallest absolute Gasteiger partial charge is 0.231 e. The third kappa shape index (κ3) is 2.11. The van der Waals surface area contributed by atoms with Gasteiger partial charge in [-0.15, -0.1) is 0 Å². The standard InChI is InChI=1S/C11H17N3OS/c1-3-8(7-12-5-1)11-13-10(14-15-11)9-4-2-6-16-9/h8-9,12H,1-7H2. The molecule has 2 saturated heterocycles. The maximum atomic E-state index is 5.40. The van der Waals surface area contributed by atoms with Crippen molar-refractivity contribution < 1.29 is 4.52 Å². The number of aromatic nitrogens is 2. The van der Waals surface area contributed by atoms with Crippen molar-refractivity contribution >= 4 is 11.8 Å². The molecule has 2 fully saturated rings. The lowest BCUT2D eigenvalue weighted by atomic mass is 10.00. The highest BCUT2D eigenvalue weighted by Crippen LogP contribution is 2.38. The first-order valence-electron chi connectivity index (χ1n) is 6.09. The minimum atomic E-state index is 0.432. The normalized spacial score (nSPS) is 30.8. The highest BCUT2D eigenvalue weighted by atomic mass is 32.2. The molecule has 2 aliphatic heterocycles. The van der Waals surface area contributed by atoms with E-state index in [-0.39, 0.29) is 0 Å². The zero-order chi connectivity index (χ0) is 10.8. The molecule has 16 heavy (non-hydrogen) atoms. The van der Waals surface area contributed by atoms with Crippen LogP contribution in [0.25, 0.3) is 0 Å². The maximum Gasteiger partial charge on any atom is 0.231 e. The van der Waals surface area contributed by atoms with Gasteiger partial charge < -0.3 is 9.84 Å². The van der Waals surface area contributed by atoms with Gasteiger partial charge in [-0.1, -0.05) is 5.16 Å². The summed E-state index contributed by atoms with van der Waals surface area (Å²) in [6.45, 7) is 2.11. The van der Waals surface area contributed by atoms with Crippen LogP contribution in [0.1, 0.15) is 48.6 Å². The summed E-state index contributed by atoms with van der Waals surface area (Å²) in [6, 6.07) is 0. The van der Waals surface area contributed by atoms with E-state index in [1.165, 1.54) is 31.4 Å². The molecule has 0 aromatic carbocycles. The van der Waals surface area contributed by atoms with E-state index in [9.17, 15) is 0 Å². The number of nitrogens with zero attached hydrogens (tertiary/aromatic N) is 2. The number of hydrogen-bond acceptors (Lipinski definition) is 5. The minimum Gasteiger partial charge on any atom is -0.339 e. The second kappa shape index (κ2) is 4.75. The van der Waals surface area contributed by atoms with Gasteiger partial charge in [-0.05, 0) is 38.0 Å². The SMILES string of the molecule is C1CNCC(c2nc(C3CCCS3)no2)C1. The van der Waals surface area contributed by atoms with Crippen LogP contribution in [0.2, 0.25) is 0 Å². The molecule has 1 N–H and O–H groups in total. The summed E-state index contributed by atoms with van der Waals surface area (Å²) in [6.07, 6.45) is 4.86. The molecule has 5 heteroatoms. The van der Waals surface area contributed by atoms with E-state index < -0.39 is 0 Å². The number of piperidine rings is 1. The average Bonchev–Trinajstić information content (AvgIpc) is 3.01. The van der Waals surface area contributed by atoms with Gasteiger partial charge in [-0.25, -0.2) is 0 Å². The first-order chi connectivity index (χ1) is 7.93. The molecule has 0 saturated carbocycles. The van der Waals surface area contributed by atoms with Gasteiger partial charge in [0.2, 0.25) is 5.89 Å². The zero-order valence-corrected chi connectivity index (χ0v) is 10.1. The fraction of sp³-hybridized carbons (Fsp3) is 0.818. The third-order valence-corrected chi connectivity index (χ3v) is 4.69. The van der Waals surface area contributed by atoms with E-state index >= 15 is 0 Å². The quantitative estimate of drug-likeness (QED) is 0.856. The van der Waals surface area contributed by atoms with Crippen molar-refractivity contribution in [2.24, 2.45) is 0 Å². The molecule has 0 amide bonds. The van der Waals surface area contributed by atoms with E-state index in [2.05, 4.69) is 15.5 Å². The van der Waals surface area contributed by atoms with Crippen molar-refractivity contribution in [3.63, 3.8) is 0 Å². The predicted molar refractivity (Wildman–Crippen MR) is 63.6 cm³/mol. The first kappa shape index (κ1) is 10.6. The molecule has 1 aromatic rings. The van der Waals surface area contributed by atoms with Crippen molar-refractivity contribution in [1.29, 1.82) is 0 Å². The summed E-state index contributed by atoms with van der Waals surface area (Å²) >= 11 is 1.95. The molecule has 3 heterocycles. The summed E-state index contributed by atoms with van der Waals surface area (Å²) in [5.41, 5.74) is 0. The Kier molecular flexibility index (Phi) is 3.15. The summed E-state index contributed by atoms with van der Waals surface area (Å²) in [5.74, 6) is 3.43. The van der Waals surface area contributed by atoms with E-state index in [0.29, 0.717) is 11.2 Å². The number of nitrogens with one attached hydrogen (secondary N) is 1. The van der Waals surface area contributed by atoms with Gasteiger partial charge >= 0.3 is 0 Å². The fourth-order valence-electron chi connectivity index (χ4n) is 2.39. The largest absolute Gasteiger partial charge is 0.339 e. The molecule has 0 bridgehead atoms. The lowest BCUT2D eigenvalue weighted by molar-refractivity contribution is 0.320. The Balaban J connectivity index is 1.71. The zero-order valence-electron chi connectivity index (χ0n) is 9.32. The van der Waals surface area contributed by atoms with Crippen molar-refractivity contribution in [2.45, 2.75) is 36.9 Å². The Labute approximate surface area is 99.6 Å². The van der Waals surface area contributed by atoms with E-state index in [4.69, 9.17) is 4.52 Å². The molecule has 1 aromatic heterocycles. The summed E-state index contributed by atoms with van der Waals surface area (Å²) in [4.78, 5) is 4.58. The van der Waals surface area contributed by atoms with Gasteiger partial charge in [0.15, 0.2) is 5.82 Å². The van der Waals surface area contributed by atoms with E-state index in [0.717, 1.165) is 24.8 Å². The molecule has 0 aliphatic carbocycles. The van der Waals surface area contributed by atoms with Crippen LogP contribution >= 0.6 is 11.8 Å². The van der Waals surface area contributed by atoms with Crippen molar-refractivity contribution in [2.75, 3.05) is 18.8 Å². The lowest BCUT2D eigenvalue weighted by Crippen LogP contribution is -2.28. The van der Waals surface area contributed by atoms with E-state index in [1.54, 1.807) is 0 Å². The summed E-state index contributed by atoms with van der Waals surface area (Å²) in [7, 11) is 0. The van der Waals surface area contributed by atoms with Crippen LogP contribution < -0.4 is 5.32 Å². The molecule has 2 atom stereocenters. The van der Waals surface area contributed by atoms with Gasteiger partial charge in [0.05, 0.1) is 11.2 Å². The van der Waals surface area contributed by atoms with Gasteiger partial charge in [0, 0.05) is 6.54 Å². The van der Waals surface area contributed by atoms with Crippen LogP contribution in [0.15, 0.2) is 4.52 Å². The van der Waals surface area contributed by atoms with Crippen LogP contribution in [0.3, 0.4) is 0 Å². The Bertz CT molecular complexity index is 343. The predicted octanol–water partition coefficient (Wildman–Crippen LogP) is 2.10. The lowest BCUT2D eigenvalue weighted by Gasteiger charge is -2.18. The van der Waals surface area contributed by atoms with Crippen LogP contribution in [0.5, 0.6) is 0 Å². The minimum absolute atomic E-state index is 0.432. The van der Waals surface area contributed by atoms with Gasteiger partial charge in [0.25, 0.3) is 0 Å². The van der Waals surface area contributed by atoms with Crippen LogP contribution in [0, 0.1) is 0 Å². The van der Waals surface area contributed by atoms with Gasteiger partial charge in [-0.3, -0.25) is 0 Å². The van der Waals surface area contributed by atoms with Gasteiger partial charge in [0.1, 0.15) is 0 Å². The number of rotatable bonds is 2. The molecule has 88 valence electrons. The monoisotopic (exact) mass is 239 g/mol. The number of thioether (sulfide) groups is 1.